The molecule has 2 amide bonds. The molecule has 0 spiro atoms. The Kier molecular flexibility index (Phi) is 11.4. The summed E-state index contributed by atoms with van der Waals surface area (Å²) in [6.45, 7) is 9.98. The topological polar surface area (TPSA) is 86.3 Å². The molecule has 0 fully saturated rings. The van der Waals surface area contributed by atoms with Gasteiger partial charge in [-0.05, 0) is 62.6 Å². The van der Waals surface area contributed by atoms with Crippen LogP contribution in [0.25, 0.3) is 0 Å². The molecule has 36 heavy (non-hydrogen) atoms. The average molecular weight is 500 g/mol. The molecule has 1 radical (unpaired) electrons. The maximum absolute atomic E-state index is 13.2. The van der Waals surface area contributed by atoms with Gasteiger partial charge in [-0.2, -0.15) is 0 Å². The van der Waals surface area contributed by atoms with E-state index in [9.17, 15) is 9.59 Å². The Balaban J connectivity index is 2.11. The highest BCUT2D eigenvalue weighted by Crippen LogP contribution is 2.18. The third kappa shape index (κ3) is 10.5. The minimum atomic E-state index is -0.620. The van der Waals surface area contributed by atoms with Crippen LogP contribution in [0.15, 0.2) is 48.5 Å². The maximum Gasteiger partial charge on any atom is 0.410 e. The van der Waals surface area contributed by atoms with Crippen molar-refractivity contribution >= 4 is 12.2 Å². The van der Waals surface area contributed by atoms with Crippen molar-refractivity contribution in [1.29, 1.82) is 0 Å². The summed E-state index contributed by atoms with van der Waals surface area (Å²) in [4.78, 5) is 27.1. The molecule has 2 aromatic rings. The van der Waals surface area contributed by atoms with Gasteiger partial charge in [0.25, 0.3) is 0 Å². The van der Waals surface area contributed by atoms with Gasteiger partial charge in [-0.1, -0.05) is 44.0 Å². The summed E-state index contributed by atoms with van der Waals surface area (Å²) in [7, 11) is 3.22. The summed E-state index contributed by atoms with van der Waals surface area (Å²) in [5.41, 5.74) is 1.24. The number of nitrogens with zero attached hydrogens (tertiary/aromatic N) is 1. The average Bonchev–Trinajstić information content (AvgIpc) is 2.84. The van der Waals surface area contributed by atoms with Crippen molar-refractivity contribution in [2.45, 2.75) is 64.8 Å². The monoisotopic (exact) mass is 499 g/mol. The number of hydrogen-bond acceptors (Lipinski definition) is 6. The predicted molar refractivity (Wildman–Crippen MR) is 139 cm³/mol. The zero-order chi connectivity index (χ0) is 26.6. The Labute approximate surface area is 214 Å². The second kappa shape index (κ2) is 14.2. The van der Waals surface area contributed by atoms with Gasteiger partial charge in [-0.15, -0.1) is 0 Å². The number of benzene rings is 2. The minimum absolute atomic E-state index is 0.0276. The van der Waals surface area contributed by atoms with Crippen LogP contribution < -0.4 is 14.8 Å². The van der Waals surface area contributed by atoms with Crippen molar-refractivity contribution in [2.24, 2.45) is 0 Å². The molecule has 1 N–H and O–H groups in total. The molecule has 197 valence electrons. The molecule has 0 bridgehead atoms. The molecular formula is C28H39N2O6. The first-order chi connectivity index (χ1) is 17.1. The smallest absolute Gasteiger partial charge is 0.410 e. The molecule has 1 atom stereocenters. The molecular weight excluding hydrogens is 460 g/mol. The van der Waals surface area contributed by atoms with Crippen molar-refractivity contribution in [2.75, 3.05) is 20.8 Å². The molecule has 8 nitrogen and oxygen atoms in total. The molecule has 0 aliphatic rings. The van der Waals surface area contributed by atoms with Crippen LogP contribution in [-0.2, 0) is 22.6 Å². The molecule has 0 aromatic heterocycles. The Morgan fingerprint density at radius 3 is 1.83 bits per heavy atom. The first-order valence-electron chi connectivity index (χ1n) is 12.1. The number of amides is 2. The van der Waals surface area contributed by atoms with E-state index >= 15 is 0 Å². The summed E-state index contributed by atoms with van der Waals surface area (Å²) in [5.74, 6) is 1.48. The van der Waals surface area contributed by atoms with Crippen LogP contribution in [0.5, 0.6) is 11.5 Å². The number of ether oxygens (including phenoxy) is 4. The largest absolute Gasteiger partial charge is 0.497 e. The van der Waals surface area contributed by atoms with Crippen LogP contribution in [0, 0.1) is 6.92 Å². The van der Waals surface area contributed by atoms with E-state index in [-0.39, 0.29) is 12.6 Å². The minimum Gasteiger partial charge on any atom is -0.497 e. The van der Waals surface area contributed by atoms with Crippen molar-refractivity contribution < 1.29 is 28.5 Å². The van der Waals surface area contributed by atoms with E-state index in [2.05, 4.69) is 12.2 Å². The Hall–Kier alpha value is -3.42. The van der Waals surface area contributed by atoms with Crippen molar-refractivity contribution in [3.05, 3.63) is 66.6 Å². The van der Waals surface area contributed by atoms with Crippen molar-refractivity contribution in [1.82, 2.24) is 10.2 Å². The number of hydrogen-bond donors (Lipinski definition) is 1. The van der Waals surface area contributed by atoms with Gasteiger partial charge in [0, 0.05) is 13.1 Å². The summed E-state index contributed by atoms with van der Waals surface area (Å²) in [5, 5.41) is 2.81. The number of carbonyl (C=O) groups is 2. The second-order valence-corrected chi connectivity index (χ2v) is 9.47. The highest BCUT2D eigenvalue weighted by Gasteiger charge is 2.22. The highest BCUT2D eigenvalue weighted by molar-refractivity contribution is 5.69. The number of alkyl carbamates (subject to hydrolysis) is 1. The van der Waals surface area contributed by atoms with Gasteiger partial charge >= 0.3 is 12.2 Å². The van der Waals surface area contributed by atoms with Gasteiger partial charge in [-0.3, -0.25) is 4.90 Å². The van der Waals surface area contributed by atoms with Crippen LogP contribution in [0.1, 0.15) is 51.2 Å². The fraction of sp³-hybridized carbons (Fsp3) is 0.464. The number of nitrogens with one attached hydrogen (secondary N) is 1. The third-order valence-corrected chi connectivity index (χ3v) is 5.25. The summed E-state index contributed by atoms with van der Waals surface area (Å²) in [6.07, 6.45) is 1.08. The van der Waals surface area contributed by atoms with Gasteiger partial charge in [0.05, 0.1) is 20.3 Å². The molecule has 0 unspecified atom stereocenters. The fourth-order valence-electron chi connectivity index (χ4n) is 3.41. The van der Waals surface area contributed by atoms with E-state index in [1.165, 1.54) is 0 Å². The van der Waals surface area contributed by atoms with E-state index in [1.807, 2.05) is 48.5 Å². The van der Waals surface area contributed by atoms with Crippen LogP contribution in [0.2, 0.25) is 0 Å². The normalized spacial score (nSPS) is 11.8. The number of unbranched alkanes of at least 4 members (excludes halogenated alkanes) is 1. The van der Waals surface area contributed by atoms with E-state index < -0.39 is 17.8 Å². The summed E-state index contributed by atoms with van der Waals surface area (Å²) >= 11 is 0. The van der Waals surface area contributed by atoms with E-state index in [0.717, 1.165) is 29.0 Å². The van der Waals surface area contributed by atoms with Gasteiger partial charge in [0.2, 0.25) is 0 Å². The maximum atomic E-state index is 13.2. The predicted octanol–water partition coefficient (Wildman–Crippen LogP) is 5.74. The Morgan fingerprint density at radius 2 is 1.42 bits per heavy atom. The van der Waals surface area contributed by atoms with Crippen LogP contribution >= 0.6 is 0 Å². The van der Waals surface area contributed by atoms with Gasteiger partial charge < -0.3 is 24.3 Å². The molecule has 2 aromatic carbocycles. The fourth-order valence-corrected chi connectivity index (χ4v) is 3.41. The molecule has 0 saturated heterocycles. The summed E-state index contributed by atoms with van der Waals surface area (Å²) < 4.78 is 21.5. The van der Waals surface area contributed by atoms with Crippen LogP contribution in [-0.4, -0.2) is 49.6 Å². The molecule has 0 aliphatic carbocycles. The van der Waals surface area contributed by atoms with Gasteiger partial charge in [0.1, 0.15) is 23.7 Å². The van der Waals surface area contributed by atoms with Crippen molar-refractivity contribution in [3.63, 3.8) is 0 Å². The number of rotatable bonds is 12. The Bertz CT molecular complexity index is 889. The lowest BCUT2D eigenvalue weighted by atomic mass is 10.1. The SMILES string of the molecule is [CH2]CCC[C@@H](COC(=O)N(Cc1ccc(OC)cc1)Cc1ccc(OC)cc1)NC(=O)OC(C)(C)C. The lowest BCUT2D eigenvalue weighted by molar-refractivity contribution is 0.0442. The first-order valence-corrected chi connectivity index (χ1v) is 12.1. The van der Waals surface area contributed by atoms with Crippen LogP contribution in [0.4, 0.5) is 9.59 Å². The Morgan fingerprint density at radius 1 is 0.917 bits per heavy atom. The number of carbonyl (C=O) groups excluding carboxylic acids is 2. The quantitative estimate of drug-likeness (QED) is 0.401. The summed E-state index contributed by atoms with van der Waals surface area (Å²) in [6, 6.07) is 14.7. The van der Waals surface area contributed by atoms with Gasteiger partial charge in [0.15, 0.2) is 0 Å². The molecule has 0 heterocycles. The lowest BCUT2D eigenvalue weighted by Gasteiger charge is -2.26. The molecule has 8 heteroatoms. The first kappa shape index (κ1) is 28.8. The van der Waals surface area contributed by atoms with E-state index in [4.69, 9.17) is 18.9 Å². The molecule has 0 saturated carbocycles. The third-order valence-electron chi connectivity index (χ3n) is 5.25. The zero-order valence-electron chi connectivity index (χ0n) is 22.0. The highest BCUT2D eigenvalue weighted by atomic mass is 16.6. The zero-order valence-corrected chi connectivity index (χ0v) is 22.0. The standard InChI is InChI=1S/C28H39N2O6/c1-7-8-9-23(29-26(31)36-28(2,3)4)20-35-27(32)30(18-21-10-14-24(33-5)15-11-21)19-22-12-16-25(34-6)17-13-22/h10-17,23H,1,7-9,18-20H2,2-6H3,(H,29,31)/t23-/m0/s1. The lowest BCUT2D eigenvalue weighted by Crippen LogP contribution is -2.43. The molecule has 0 aliphatic heterocycles. The number of methoxy groups -OCH3 is 2. The van der Waals surface area contributed by atoms with Crippen LogP contribution in [0.3, 0.4) is 0 Å². The van der Waals surface area contributed by atoms with Crippen molar-refractivity contribution in [3.8, 4) is 11.5 Å². The van der Waals surface area contributed by atoms with E-state index in [0.29, 0.717) is 25.9 Å². The second-order valence-electron chi connectivity index (χ2n) is 9.47. The molecule has 2 rings (SSSR count). The van der Waals surface area contributed by atoms with E-state index in [1.54, 1.807) is 39.9 Å². The van der Waals surface area contributed by atoms with Gasteiger partial charge in [-0.25, -0.2) is 9.59 Å².